The quantitative estimate of drug-likeness (QED) is 0.774. The van der Waals surface area contributed by atoms with Crippen LogP contribution in [0.3, 0.4) is 0 Å². The highest BCUT2D eigenvalue weighted by Gasteiger charge is 2.23. The fraction of sp³-hybridized carbons (Fsp3) is 0.692. The molecule has 3 nitrogen and oxygen atoms in total. The zero-order valence-corrected chi connectivity index (χ0v) is 11.5. The van der Waals surface area contributed by atoms with E-state index in [-0.39, 0.29) is 0 Å². The zero-order chi connectivity index (χ0) is 12.4. The monoisotopic (exact) mass is 253 g/mol. The summed E-state index contributed by atoms with van der Waals surface area (Å²) >= 11 is 6.02. The molecule has 94 valence electrons. The van der Waals surface area contributed by atoms with E-state index in [9.17, 15) is 0 Å². The summed E-state index contributed by atoms with van der Waals surface area (Å²) in [6.07, 6.45) is 4.43. The third kappa shape index (κ3) is 2.54. The van der Waals surface area contributed by atoms with Crippen LogP contribution in [0.25, 0.3) is 0 Å². The van der Waals surface area contributed by atoms with Gasteiger partial charge in [-0.25, -0.2) is 9.97 Å². The lowest BCUT2D eigenvalue weighted by Gasteiger charge is -2.25. The van der Waals surface area contributed by atoms with E-state index in [1.807, 2.05) is 6.20 Å². The number of rotatable bonds is 3. The second-order valence-electron chi connectivity index (χ2n) is 5.03. The lowest BCUT2D eigenvalue weighted by atomic mass is 10.2. The van der Waals surface area contributed by atoms with Gasteiger partial charge in [-0.15, -0.1) is 11.6 Å². The maximum absolute atomic E-state index is 6.02. The smallest absolute Gasteiger partial charge is 0.131 e. The molecule has 17 heavy (non-hydrogen) atoms. The van der Waals surface area contributed by atoms with Crippen LogP contribution in [0.2, 0.25) is 0 Å². The topological polar surface area (TPSA) is 29.0 Å². The Morgan fingerprint density at radius 1 is 1.53 bits per heavy atom. The van der Waals surface area contributed by atoms with Crippen molar-refractivity contribution in [3.63, 3.8) is 0 Å². The Labute approximate surface area is 108 Å². The summed E-state index contributed by atoms with van der Waals surface area (Å²) in [6, 6.07) is 0.575. The predicted octanol–water partition coefficient (Wildman–Crippen LogP) is 3.33. The molecule has 0 bridgehead atoms. The largest absolute Gasteiger partial charge is 0.366 e. The molecule has 0 radical (unpaired) electrons. The molecule has 1 aromatic heterocycles. The predicted molar refractivity (Wildman–Crippen MR) is 71.7 cm³/mol. The summed E-state index contributed by atoms with van der Waals surface area (Å²) in [6.45, 7) is 7.55. The van der Waals surface area contributed by atoms with Crippen LogP contribution in [0.5, 0.6) is 0 Å². The molecule has 1 aliphatic heterocycles. The average molecular weight is 254 g/mol. The Hall–Kier alpha value is -0.830. The van der Waals surface area contributed by atoms with Gasteiger partial charge in [-0.1, -0.05) is 13.8 Å². The highest BCUT2D eigenvalue weighted by molar-refractivity contribution is 6.17. The minimum Gasteiger partial charge on any atom is -0.366 e. The molecular weight excluding hydrogens is 234 g/mol. The van der Waals surface area contributed by atoms with Gasteiger partial charge < -0.3 is 4.90 Å². The first-order valence-corrected chi connectivity index (χ1v) is 6.85. The molecule has 2 rings (SSSR count). The number of anilines is 1. The van der Waals surface area contributed by atoms with Gasteiger partial charge in [0.05, 0.1) is 23.5 Å². The van der Waals surface area contributed by atoms with Gasteiger partial charge in [0.25, 0.3) is 0 Å². The maximum Gasteiger partial charge on any atom is 0.131 e. The van der Waals surface area contributed by atoms with Gasteiger partial charge >= 0.3 is 0 Å². The summed E-state index contributed by atoms with van der Waals surface area (Å²) in [5.41, 5.74) is 2.09. The van der Waals surface area contributed by atoms with Crippen LogP contribution >= 0.6 is 11.6 Å². The van der Waals surface area contributed by atoms with E-state index >= 15 is 0 Å². The number of hydrogen-bond acceptors (Lipinski definition) is 3. The van der Waals surface area contributed by atoms with E-state index in [0.29, 0.717) is 17.8 Å². The molecule has 1 unspecified atom stereocenters. The van der Waals surface area contributed by atoms with Crippen molar-refractivity contribution in [1.82, 2.24) is 9.97 Å². The molecule has 1 saturated heterocycles. The number of halogens is 1. The van der Waals surface area contributed by atoms with Crippen LogP contribution in [0.1, 0.15) is 51.0 Å². The Bertz CT molecular complexity index is 392. The minimum absolute atomic E-state index is 0.349. The molecule has 1 fully saturated rings. The molecule has 1 aromatic rings. The van der Waals surface area contributed by atoms with Gasteiger partial charge in [0.15, 0.2) is 0 Å². The highest BCUT2D eigenvalue weighted by atomic mass is 35.5. The van der Waals surface area contributed by atoms with Gasteiger partial charge in [-0.3, -0.25) is 0 Å². The van der Waals surface area contributed by atoms with Crippen LogP contribution in [0.15, 0.2) is 6.20 Å². The maximum atomic E-state index is 6.02. The fourth-order valence-electron chi connectivity index (χ4n) is 2.33. The molecule has 4 heteroatoms. The lowest BCUT2D eigenvalue weighted by molar-refractivity contribution is 0.717. The molecule has 0 N–H and O–H groups in total. The van der Waals surface area contributed by atoms with E-state index in [2.05, 4.69) is 35.6 Å². The minimum atomic E-state index is 0.349. The second kappa shape index (κ2) is 5.21. The summed E-state index contributed by atoms with van der Waals surface area (Å²) in [5, 5.41) is 0. The average Bonchev–Trinajstić information content (AvgIpc) is 2.74. The van der Waals surface area contributed by atoms with Crippen LogP contribution < -0.4 is 4.90 Å². The van der Waals surface area contributed by atoms with Crippen molar-refractivity contribution < 1.29 is 0 Å². The van der Waals surface area contributed by atoms with E-state index in [0.717, 1.165) is 23.8 Å². The third-order valence-corrected chi connectivity index (χ3v) is 3.62. The van der Waals surface area contributed by atoms with Crippen molar-refractivity contribution >= 4 is 17.3 Å². The van der Waals surface area contributed by atoms with Crippen molar-refractivity contribution in [1.29, 1.82) is 0 Å². The summed E-state index contributed by atoms with van der Waals surface area (Å²) < 4.78 is 0. The van der Waals surface area contributed by atoms with Crippen molar-refractivity contribution in [2.75, 3.05) is 11.4 Å². The Morgan fingerprint density at radius 3 is 2.82 bits per heavy atom. The van der Waals surface area contributed by atoms with Crippen molar-refractivity contribution in [3.8, 4) is 0 Å². The number of hydrogen-bond donors (Lipinski definition) is 0. The Kier molecular flexibility index (Phi) is 3.87. The molecule has 0 spiro atoms. The van der Waals surface area contributed by atoms with Crippen molar-refractivity contribution in [2.45, 2.75) is 51.5 Å². The van der Waals surface area contributed by atoms with Gasteiger partial charge in [0.2, 0.25) is 0 Å². The molecule has 1 atom stereocenters. The van der Waals surface area contributed by atoms with Crippen molar-refractivity contribution in [3.05, 3.63) is 17.7 Å². The van der Waals surface area contributed by atoms with Gasteiger partial charge in [0, 0.05) is 18.5 Å². The molecule has 0 saturated carbocycles. The van der Waals surface area contributed by atoms with Crippen molar-refractivity contribution in [2.24, 2.45) is 0 Å². The first kappa shape index (κ1) is 12.6. The normalized spacial score (nSPS) is 20.3. The Balaban J connectivity index is 2.33. The molecule has 1 aliphatic rings. The summed E-state index contributed by atoms with van der Waals surface area (Å²) in [7, 11) is 0. The van der Waals surface area contributed by atoms with E-state index in [1.54, 1.807) is 0 Å². The molecule has 0 amide bonds. The third-order valence-electron chi connectivity index (χ3n) is 3.37. The fourth-order valence-corrected chi connectivity index (χ4v) is 2.53. The zero-order valence-electron chi connectivity index (χ0n) is 10.8. The second-order valence-corrected chi connectivity index (χ2v) is 5.30. The van der Waals surface area contributed by atoms with Crippen LogP contribution in [0.4, 0.5) is 5.69 Å². The first-order valence-electron chi connectivity index (χ1n) is 6.32. The Morgan fingerprint density at radius 2 is 2.29 bits per heavy atom. The molecule has 0 aliphatic carbocycles. The standard InChI is InChI=1S/C13H20ClN3/c1-9(2)13-15-8-12(11(7-14)16-13)17-6-4-5-10(17)3/h8-10H,4-7H2,1-3H3. The SMILES string of the molecule is CC(C)c1ncc(N2CCCC2C)c(CCl)n1. The van der Waals surface area contributed by atoms with Crippen LogP contribution in [0, 0.1) is 0 Å². The number of nitrogens with zero attached hydrogens (tertiary/aromatic N) is 3. The van der Waals surface area contributed by atoms with E-state index < -0.39 is 0 Å². The first-order chi connectivity index (χ1) is 8.13. The van der Waals surface area contributed by atoms with Crippen LogP contribution in [-0.2, 0) is 5.88 Å². The van der Waals surface area contributed by atoms with Crippen LogP contribution in [-0.4, -0.2) is 22.6 Å². The molecular formula is C13H20ClN3. The number of aromatic nitrogens is 2. The molecule has 0 aromatic carbocycles. The molecule has 2 heterocycles. The number of alkyl halides is 1. The van der Waals surface area contributed by atoms with E-state index in [1.165, 1.54) is 12.8 Å². The van der Waals surface area contributed by atoms with Gasteiger partial charge in [0.1, 0.15) is 5.82 Å². The highest BCUT2D eigenvalue weighted by Crippen LogP contribution is 2.28. The lowest BCUT2D eigenvalue weighted by Crippen LogP contribution is -2.28. The summed E-state index contributed by atoms with van der Waals surface area (Å²) in [4.78, 5) is 11.4. The summed E-state index contributed by atoms with van der Waals surface area (Å²) in [5.74, 6) is 1.69. The van der Waals surface area contributed by atoms with E-state index in [4.69, 9.17) is 11.6 Å². The van der Waals surface area contributed by atoms with Gasteiger partial charge in [-0.05, 0) is 19.8 Å². The van der Waals surface area contributed by atoms with Gasteiger partial charge in [-0.2, -0.15) is 0 Å².